The van der Waals surface area contributed by atoms with Crippen molar-refractivity contribution >= 4 is 23.7 Å². The van der Waals surface area contributed by atoms with Gasteiger partial charge in [-0.1, -0.05) is 11.6 Å². The van der Waals surface area contributed by atoms with Crippen LogP contribution in [0.1, 0.15) is 16.2 Å². The number of carbonyl (C=O) groups is 1. The summed E-state index contributed by atoms with van der Waals surface area (Å²) in [6.07, 6.45) is 0.681. The molecule has 1 saturated heterocycles. The minimum absolute atomic E-state index is 0.189. The van der Waals surface area contributed by atoms with Gasteiger partial charge in [0, 0.05) is 26.2 Å². The van der Waals surface area contributed by atoms with E-state index in [1.807, 2.05) is 5.01 Å². The predicted octanol–water partition coefficient (Wildman–Crippen LogP) is 0.825. The van der Waals surface area contributed by atoms with Gasteiger partial charge in [-0.15, -0.1) is 0 Å². The third-order valence-electron chi connectivity index (χ3n) is 2.90. The maximum absolute atomic E-state index is 11.0. The molecule has 2 rings (SSSR count). The number of nitrogens with one attached hydrogen (secondary N) is 1. The molecule has 0 bridgehead atoms. The number of halogens is 1. The third kappa shape index (κ3) is 2.95. The Kier molecular flexibility index (Phi) is 4.11. The molecule has 6 nitrogen and oxygen atoms in total. The molecule has 0 atom stereocenters. The summed E-state index contributed by atoms with van der Waals surface area (Å²) in [5.74, 6) is 1.02. The molecule has 0 unspecified atom stereocenters. The van der Waals surface area contributed by atoms with Gasteiger partial charge in [-0.05, 0) is 14.0 Å². The number of rotatable bonds is 3. The first-order valence-corrected chi connectivity index (χ1v) is 6.17. The van der Waals surface area contributed by atoms with Gasteiger partial charge < -0.3 is 10.3 Å². The van der Waals surface area contributed by atoms with Crippen LogP contribution in [0.5, 0.6) is 0 Å². The summed E-state index contributed by atoms with van der Waals surface area (Å²) < 4.78 is 0. The fraction of sp³-hybridized carbons (Fsp3) is 0.545. The molecule has 98 valence electrons. The van der Waals surface area contributed by atoms with Gasteiger partial charge in [-0.3, -0.25) is 4.79 Å². The van der Waals surface area contributed by atoms with Crippen LogP contribution >= 0.6 is 11.6 Å². The molecule has 0 aromatic carbocycles. The van der Waals surface area contributed by atoms with Crippen LogP contribution in [0, 0.1) is 6.92 Å². The smallest absolute Gasteiger partial charge is 0.156 e. The molecule has 0 aliphatic carbocycles. The van der Waals surface area contributed by atoms with E-state index in [-0.39, 0.29) is 5.15 Å². The molecule has 1 aromatic rings. The van der Waals surface area contributed by atoms with Crippen LogP contribution in [0.25, 0.3) is 0 Å². The number of likely N-dealkylation sites (N-methyl/N-ethyl adjacent to an activating group) is 1. The van der Waals surface area contributed by atoms with Gasteiger partial charge in [-0.2, -0.15) is 0 Å². The average Bonchev–Trinajstić information content (AvgIpc) is 2.32. The average molecular weight is 270 g/mol. The second-order valence-corrected chi connectivity index (χ2v) is 4.70. The van der Waals surface area contributed by atoms with Gasteiger partial charge in [0.25, 0.3) is 0 Å². The summed E-state index contributed by atoms with van der Waals surface area (Å²) in [5, 5.41) is 2.22. The van der Waals surface area contributed by atoms with Gasteiger partial charge >= 0.3 is 0 Å². The lowest BCUT2D eigenvalue weighted by Crippen LogP contribution is -2.47. The van der Waals surface area contributed by atoms with E-state index < -0.39 is 0 Å². The fourth-order valence-corrected chi connectivity index (χ4v) is 2.06. The summed E-state index contributed by atoms with van der Waals surface area (Å²) in [6, 6.07) is 0. The number of aryl methyl sites for hydroxylation is 1. The number of nitrogens with zero attached hydrogens (tertiary/aromatic N) is 4. The van der Waals surface area contributed by atoms with Crippen molar-refractivity contribution in [2.45, 2.75) is 6.92 Å². The minimum atomic E-state index is 0.189. The molecule has 1 N–H and O–H groups in total. The van der Waals surface area contributed by atoms with Crippen LogP contribution in [0.4, 0.5) is 5.82 Å². The monoisotopic (exact) mass is 269 g/mol. The number of carbonyl (C=O) groups excluding carboxylic acids is 1. The molecule has 0 saturated carbocycles. The Labute approximate surface area is 111 Å². The Morgan fingerprint density at radius 3 is 2.56 bits per heavy atom. The lowest BCUT2D eigenvalue weighted by molar-refractivity contribution is 0.112. The number of anilines is 1. The molecule has 7 heteroatoms. The third-order valence-corrected chi connectivity index (χ3v) is 3.18. The van der Waals surface area contributed by atoms with E-state index >= 15 is 0 Å². The molecule has 0 spiro atoms. The Morgan fingerprint density at radius 1 is 1.28 bits per heavy atom. The number of aromatic nitrogens is 2. The van der Waals surface area contributed by atoms with Crippen molar-refractivity contribution in [1.82, 2.24) is 19.9 Å². The summed E-state index contributed by atoms with van der Waals surface area (Å²) >= 11 is 5.93. The molecule has 1 fully saturated rings. The SMILES string of the molecule is Cc1nc(Cl)c(C=O)c(NN2CCN(C)CC2)n1. The van der Waals surface area contributed by atoms with Crippen LogP contribution in [0.2, 0.25) is 5.15 Å². The zero-order valence-electron chi connectivity index (χ0n) is 10.5. The lowest BCUT2D eigenvalue weighted by atomic mass is 10.3. The van der Waals surface area contributed by atoms with Crippen molar-refractivity contribution in [3.05, 3.63) is 16.5 Å². The van der Waals surface area contributed by atoms with Crippen LogP contribution < -0.4 is 5.43 Å². The van der Waals surface area contributed by atoms with E-state index in [2.05, 4.69) is 27.3 Å². The molecule has 0 radical (unpaired) electrons. The van der Waals surface area contributed by atoms with Crippen molar-refractivity contribution in [3.8, 4) is 0 Å². The molecule has 1 aliphatic rings. The maximum atomic E-state index is 11.0. The molecular weight excluding hydrogens is 254 g/mol. The number of hydrazine groups is 1. The first-order valence-electron chi connectivity index (χ1n) is 5.79. The van der Waals surface area contributed by atoms with Crippen molar-refractivity contribution in [1.29, 1.82) is 0 Å². The predicted molar refractivity (Wildman–Crippen MR) is 69.9 cm³/mol. The Balaban J connectivity index is 2.15. The van der Waals surface area contributed by atoms with Gasteiger partial charge in [0.05, 0.1) is 5.56 Å². The number of piperazine rings is 1. The highest BCUT2D eigenvalue weighted by molar-refractivity contribution is 6.32. The van der Waals surface area contributed by atoms with Crippen LogP contribution in [-0.2, 0) is 0 Å². The van der Waals surface area contributed by atoms with Gasteiger partial charge in [0.2, 0.25) is 0 Å². The topological polar surface area (TPSA) is 61.4 Å². The molecule has 1 aromatic heterocycles. The Bertz CT molecular complexity index is 445. The molecular formula is C11H16ClN5O. The van der Waals surface area contributed by atoms with E-state index in [0.717, 1.165) is 26.2 Å². The van der Waals surface area contributed by atoms with E-state index in [9.17, 15) is 4.79 Å². The first-order chi connectivity index (χ1) is 8.60. The summed E-state index contributed by atoms with van der Waals surface area (Å²) in [4.78, 5) is 21.5. The van der Waals surface area contributed by atoms with E-state index in [1.165, 1.54) is 0 Å². The second-order valence-electron chi connectivity index (χ2n) is 4.34. The van der Waals surface area contributed by atoms with Crippen LogP contribution in [0.3, 0.4) is 0 Å². The lowest BCUT2D eigenvalue weighted by Gasteiger charge is -2.32. The van der Waals surface area contributed by atoms with Crippen molar-refractivity contribution < 1.29 is 4.79 Å². The van der Waals surface area contributed by atoms with E-state index in [4.69, 9.17) is 11.6 Å². The van der Waals surface area contributed by atoms with Crippen molar-refractivity contribution in [2.24, 2.45) is 0 Å². The molecule has 18 heavy (non-hydrogen) atoms. The quantitative estimate of drug-likeness (QED) is 0.648. The summed E-state index contributed by atoms with van der Waals surface area (Å²) in [5.41, 5.74) is 3.45. The van der Waals surface area contributed by atoms with Crippen molar-refractivity contribution in [3.63, 3.8) is 0 Å². The Hall–Kier alpha value is -1.24. The van der Waals surface area contributed by atoms with Crippen LogP contribution in [0.15, 0.2) is 0 Å². The van der Waals surface area contributed by atoms with Gasteiger partial charge in [0.15, 0.2) is 12.1 Å². The molecule has 0 amide bonds. The number of hydrogen-bond donors (Lipinski definition) is 1. The normalized spacial score (nSPS) is 17.7. The van der Waals surface area contributed by atoms with E-state index in [1.54, 1.807) is 6.92 Å². The van der Waals surface area contributed by atoms with E-state index in [0.29, 0.717) is 23.5 Å². The highest BCUT2D eigenvalue weighted by atomic mass is 35.5. The first kappa shape index (κ1) is 13.2. The minimum Gasteiger partial charge on any atom is -0.304 e. The van der Waals surface area contributed by atoms with Gasteiger partial charge in [0.1, 0.15) is 11.0 Å². The van der Waals surface area contributed by atoms with Gasteiger partial charge in [-0.25, -0.2) is 15.0 Å². The maximum Gasteiger partial charge on any atom is 0.156 e. The highest BCUT2D eigenvalue weighted by Crippen LogP contribution is 2.19. The summed E-state index contributed by atoms with van der Waals surface area (Å²) in [6.45, 7) is 5.43. The molecule has 1 aliphatic heterocycles. The van der Waals surface area contributed by atoms with Crippen LogP contribution in [-0.4, -0.2) is 59.4 Å². The van der Waals surface area contributed by atoms with Crippen molar-refractivity contribution in [2.75, 3.05) is 38.7 Å². The zero-order chi connectivity index (χ0) is 13.1. The molecule has 2 heterocycles. The summed E-state index contributed by atoms with van der Waals surface area (Å²) in [7, 11) is 2.08. The second kappa shape index (κ2) is 5.60. The highest BCUT2D eigenvalue weighted by Gasteiger charge is 2.17. The zero-order valence-corrected chi connectivity index (χ0v) is 11.2. The number of aldehydes is 1. The standard InChI is InChI=1S/C11H16ClN5O/c1-8-13-10(12)9(7-18)11(14-8)15-17-5-3-16(2)4-6-17/h7H,3-6H2,1-2H3,(H,13,14,15). The number of hydrogen-bond acceptors (Lipinski definition) is 6. The largest absolute Gasteiger partial charge is 0.304 e. The fourth-order valence-electron chi connectivity index (χ4n) is 1.80. The Morgan fingerprint density at radius 2 is 1.94 bits per heavy atom.